The molecule has 1 saturated carbocycles. The average molecular weight is 430 g/mol. The third-order valence-corrected chi connectivity index (χ3v) is 6.94. The lowest BCUT2D eigenvalue weighted by Gasteiger charge is -2.23. The van der Waals surface area contributed by atoms with E-state index in [-0.39, 0.29) is 12.0 Å². The summed E-state index contributed by atoms with van der Waals surface area (Å²) in [5, 5.41) is 0.925. The van der Waals surface area contributed by atoms with E-state index < -0.39 is 0 Å². The number of imidazole rings is 1. The molecule has 1 aromatic heterocycles. The second-order valence-electron chi connectivity index (χ2n) is 8.20. The molecule has 1 atom stereocenters. The van der Waals surface area contributed by atoms with Gasteiger partial charge in [-0.15, -0.1) is 0 Å². The maximum atomic E-state index is 13.1. The van der Waals surface area contributed by atoms with E-state index in [1.807, 2.05) is 36.1 Å². The summed E-state index contributed by atoms with van der Waals surface area (Å²) in [6, 6.07) is 8.35. The number of carbonyl (C=O) groups excluding carboxylic acids is 1. The lowest BCUT2D eigenvalue weighted by Crippen LogP contribution is -2.34. The van der Waals surface area contributed by atoms with Crippen LogP contribution in [0.5, 0.6) is 5.75 Å². The van der Waals surface area contributed by atoms with Gasteiger partial charge in [0.25, 0.3) is 0 Å². The number of ether oxygens (including phenoxy) is 2. The lowest BCUT2D eigenvalue weighted by atomic mass is 10.2. The predicted octanol–water partition coefficient (Wildman–Crippen LogP) is 3.97. The van der Waals surface area contributed by atoms with Gasteiger partial charge in [0.05, 0.1) is 31.2 Å². The maximum absolute atomic E-state index is 13.1. The van der Waals surface area contributed by atoms with Crippen LogP contribution < -0.4 is 4.74 Å². The lowest BCUT2D eigenvalue weighted by molar-refractivity contribution is -0.129. The molecule has 2 heterocycles. The van der Waals surface area contributed by atoms with Crippen molar-refractivity contribution in [2.75, 3.05) is 19.5 Å². The van der Waals surface area contributed by atoms with E-state index in [0.717, 1.165) is 66.7 Å². The van der Waals surface area contributed by atoms with Crippen LogP contribution in [0.1, 0.15) is 42.6 Å². The van der Waals surface area contributed by atoms with Crippen LogP contribution in [0.25, 0.3) is 0 Å². The highest BCUT2D eigenvalue weighted by Crippen LogP contribution is 2.31. The van der Waals surface area contributed by atoms with Gasteiger partial charge in [0.15, 0.2) is 5.16 Å². The van der Waals surface area contributed by atoms with Crippen molar-refractivity contribution in [3.63, 3.8) is 0 Å². The number of aryl methyl sites for hydroxylation is 1. The van der Waals surface area contributed by atoms with E-state index in [1.165, 1.54) is 0 Å². The zero-order valence-corrected chi connectivity index (χ0v) is 18.9. The quantitative estimate of drug-likeness (QED) is 0.565. The fourth-order valence-corrected chi connectivity index (χ4v) is 4.87. The van der Waals surface area contributed by atoms with Gasteiger partial charge >= 0.3 is 0 Å². The summed E-state index contributed by atoms with van der Waals surface area (Å²) < 4.78 is 13.3. The van der Waals surface area contributed by atoms with E-state index in [9.17, 15) is 4.79 Å². The molecule has 0 N–H and O–H groups in total. The fourth-order valence-electron chi connectivity index (χ4n) is 3.88. The van der Waals surface area contributed by atoms with Gasteiger partial charge in [-0.1, -0.05) is 23.9 Å². The van der Waals surface area contributed by atoms with Crippen molar-refractivity contribution in [1.29, 1.82) is 0 Å². The molecule has 1 aliphatic carbocycles. The Morgan fingerprint density at radius 2 is 2.03 bits per heavy atom. The van der Waals surface area contributed by atoms with Crippen molar-refractivity contribution >= 4 is 17.7 Å². The summed E-state index contributed by atoms with van der Waals surface area (Å²) in [4.78, 5) is 19.9. The minimum Gasteiger partial charge on any atom is -0.497 e. The molecule has 6 nitrogen and oxygen atoms in total. The SMILES string of the molecule is COc1ccc(CN(C(=O)CSc2nc(C)c(C)n2C[C@H]2CCCO2)C2CC2)cc1. The first-order chi connectivity index (χ1) is 14.5. The van der Waals surface area contributed by atoms with Crippen LogP contribution in [0, 0.1) is 13.8 Å². The number of amides is 1. The molecular weight excluding hydrogens is 398 g/mol. The predicted molar refractivity (Wildman–Crippen MR) is 118 cm³/mol. The summed E-state index contributed by atoms with van der Waals surface area (Å²) in [6.45, 7) is 6.45. The summed E-state index contributed by atoms with van der Waals surface area (Å²) in [7, 11) is 1.67. The van der Waals surface area contributed by atoms with Crippen LogP contribution in [-0.2, 0) is 22.6 Å². The number of nitrogens with zero attached hydrogens (tertiary/aromatic N) is 3. The van der Waals surface area contributed by atoms with Gasteiger partial charge in [-0.3, -0.25) is 4.79 Å². The maximum Gasteiger partial charge on any atom is 0.233 e. The molecule has 1 aliphatic heterocycles. The molecule has 2 aliphatic rings. The number of hydrogen-bond acceptors (Lipinski definition) is 5. The van der Waals surface area contributed by atoms with Crippen LogP contribution in [0.4, 0.5) is 0 Å². The molecule has 1 saturated heterocycles. The number of hydrogen-bond donors (Lipinski definition) is 0. The Hall–Kier alpha value is -1.99. The van der Waals surface area contributed by atoms with E-state index in [4.69, 9.17) is 14.5 Å². The zero-order valence-electron chi connectivity index (χ0n) is 18.1. The third kappa shape index (κ3) is 5.01. The Morgan fingerprint density at radius 1 is 1.27 bits per heavy atom. The highest BCUT2D eigenvalue weighted by molar-refractivity contribution is 7.99. The Morgan fingerprint density at radius 3 is 2.67 bits per heavy atom. The van der Waals surface area contributed by atoms with Crippen molar-refractivity contribution < 1.29 is 14.3 Å². The van der Waals surface area contributed by atoms with Gasteiger partial charge in [0.1, 0.15) is 5.75 Å². The number of rotatable bonds is 9. The van der Waals surface area contributed by atoms with Gasteiger partial charge in [0.2, 0.25) is 5.91 Å². The summed E-state index contributed by atoms with van der Waals surface area (Å²) in [5.74, 6) is 1.43. The molecule has 30 heavy (non-hydrogen) atoms. The summed E-state index contributed by atoms with van der Waals surface area (Å²) in [6.07, 6.45) is 4.67. The highest BCUT2D eigenvalue weighted by atomic mass is 32.2. The minimum absolute atomic E-state index is 0.181. The Labute approximate surface area is 182 Å². The van der Waals surface area contributed by atoms with Crippen molar-refractivity contribution in [3.8, 4) is 5.75 Å². The topological polar surface area (TPSA) is 56.6 Å². The Bertz CT molecular complexity index is 871. The monoisotopic (exact) mass is 429 g/mol. The Kier molecular flexibility index (Phi) is 6.68. The third-order valence-electron chi connectivity index (χ3n) is 5.98. The van der Waals surface area contributed by atoms with Gasteiger partial charge in [-0.2, -0.15) is 0 Å². The molecule has 0 radical (unpaired) electrons. The van der Waals surface area contributed by atoms with E-state index in [2.05, 4.69) is 11.5 Å². The van der Waals surface area contributed by atoms with Gasteiger partial charge < -0.3 is 18.9 Å². The minimum atomic E-state index is 0.181. The normalized spacial score (nSPS) is 18.6. The molecule has 2 aromatic rings. The van der Waals surface area contributed by atoms with Crippen molar-refractivity contribution in [3.05, 3.63) is 41.2 Å². The molecular formula is C23H31N3O3S. The van der Waals surface area contributed by atoms with Crippen LogP contribution >= 0.6 is 11.8 Å². The number of aromatic nitrogens is 2. The summed E-state index contributed by atoms with van der Waals surface area (Å²) >= 11 is 1.55. The second kappa shape index (κ2) is 9.43. The molecule has 0 bridgehead atoms. The number of carbonyl (C=O) groups is 1. The first-order valence-electron chi connectivity index (χ1n) is 10.8. The first-order valence-corrected chi connectivity index (χ1v) is 11.7. The average Bonchev–Trinajstić information content (AvgIpc) is 3.40. The molecule has 1 amide bonds. The molecule has 2 fully saturated rings. The van der Waals surface area contributed by atoms with Gasteiger partial charge in [-0.25, -0.2) is 4.98 Å². The van der Waals surface area contributed by atoms with E-state index >= 15 is 0 Å². The molecule has 0 spiro atoms. The first kappa shape index (κ1) is 21.2. The van der Waals surface area contributed by atoms with Crippen molar-refractivity contribution in [1.82, 2.24) is 14.5 Å². The second-order valence-corrected chi connectivity index (χ2v) is 9.14. The van der Waals surface area contributed by atoms with E-state index in [1.54, 1.807) is 18.9 Å². The molecule has 162 valence electrons. The van der Waals surface area contributed by atoms with E-state index in [0.29, 0.717) is 18.3 Å². The molecule has 0 unspecified atom stereocenters. The Balaban J connectivity index is 1.40. The molecule has 1 aromatic carbocycles. The van der Waals surface area contributed by atoms with Crippen molar-refractivity contribution in [2.24, 2.45) is 0 Å². The fraction of sp³-hybridized carbons (Fsp3) is 0.565. The highest BCUT2D eigenvalue weighted by Gasteiger charge is 2.32. The summed E-state index contributed by atoms with van der Waals surface area (Å²) in [5.41, 5.74) is 3.32. The largest absolute Gasteiger partial charge is 0.497 e. The molecule has 7 heteroatoms. The standard InChI is InChI=1S/C23H31N3O3S/c1-16-17(2)25(14-21-5-4-12-29-21)23(24-16)30-15-22(27)26(19-8-9-19)13-18-6-10-20(28-3)11-7-18/h6-7,10-11,19,21H,4-5,8-9,12-15H2,1-3H3/t21-/m1/s1. The smallest absolute Gasteiger partial charge is 0.233 e. The zero-order chi connectivity index (χ0) is 21.1. The van der Waals surface area contributed by atoms with Crippen LogP contribution in [-0.4, -0.2) is 52.0 Å². The molecule has 4 rings (SSSR count). The number of thioether (sulfide) groups is 1. The van der Waals surface area contributed by atoms with Crippen LogP contribution in [0.2, 0.25) is 0 Å². The van der Waals surface area contributed by atoms with Crippen molar-refractivity contribution in [2.45, 2.75) is 69.9 Å². The van der Waals surface area contributed by atoms with Gasteiger partial charge in [-0.05, 0) is 57.2 Å². The number of methoxy groups -OCH3 is 1. The van der Waals surface area contributed by atoms with Gasteiger partial charge in [0, 0.05) is 24.9 Å². The van der Waals surface area contributed by atoms with Crippen LogP contribution in [0.3, 0.4) is 0 Å². The van der Waals surface area contributed by atoms with Crippen LogP contribution in [0.15, 0.2) is 29.4 Å². The number of benzene rings is 1.